The van der Waals surface area contributed by atoms with E-state index in [4.69, 9.17) is 11.6 Å². The fourth-order valence-electron chi connectivity index (χ4n) is 1.09. The van der Waals surface area contributed by atoms with E-state index in [0.29, 0.717) is 11.2 Å². The molecule has 1 aliphatic carbocycles. The molecule has 0 amide bonds. The Labute approximate surface area is 82.5 Å². The lowest BCUT2D eigenvalue weighted by atomic mass is 10.3. The van der Waals surface area contributed by atoms with Gasteiger partial charge in [-0.25, -0.2) is 9.97 Å². The molecule has 0 aromatic carbocycles. The Morgan fingerprint density at radius 1 is 1.23 bits per heavy atom. The fraction of sp³-hybridized carbons (Fsp3) is 0.556. The van der Waals surface area contributed by atoms with Crippen molar-refractivity contribution in [3.8, 4) is 0 Å². The summed E-state index contributed by atoms with van der Waals surface area (Å²) in [6.45, 7) is 3.85. The van der Waals surface area contributed by atoms with Gasteiger partial charge in [-0.05, 0) is 26.7 Å². The molecule has 1 saturated carbocycles. The molecule has 0 saturated heterocycles. The van der Waals surface area contributed by atoms with Crippen molar-refractivity contribution in [2.75, 3.05) is 5.32 Å². The third-order valence-corrected chi connectivity index (χ3v) is 2.45. The molecule has 0 atom stereocenters. The van der Waals surface area contributed by atoms with Gasteiger partial charge in [0.25, 0.3) is 0 Å². The van der Waals surface area contributed by atoms with Crippen LogP contribution in [0.3, 0.4) is 0 Å². The van der Waals surface area contributed by atoms with E-state index in [1.807, 2.05) is 13.8 Å². The van der Waals surface area contributed by atoms with E-state index in [-0.39, 0.29) is 0 Å². The van der Waals surface area contributed by atoms with Crippen molar-refractivity contribution in [2.24, 2.45) is 0 Å². The zero-order valence-corrected chi connectivity index (χ0v) is 8.52. The molecule has 1 aromatic heterocycles. The minimum Gasteiger partial charge on any atom is -0.365 e. The van der Waals surface area contributed by atoms with Crippen LogP contribution in [0.5, 0.6) is 0 Å². The third kappa shape index (κ3) is 1.91. The summed E-state index contributed by atoms with van der Waals surface area (Å²) >= 11 is 5.94. The van der Waals surface area contributed by atoms with Gasteiger partial charge in [0.05, 0.1) is 11.4 Å². The number of halogens is 1. The SMILES string of the molecule is Cc1nc(Cl)c(NC2CC2)nc1C. The number of aryl methyl sites for hydroxylation is 2. The standard InChI is InChI=1S/C9H12ClN3/c1-5-6(2)12-9(8(10)11-5)13-7-3-4-7/h7H,3-4H2,1-2H3,(H,12,13). The van der Waals surface area contributed by atoms with Crippen LogP contribution in [0.1, 0.15) is 24.2 Å². The van der Waals surface area contributed by atoms with E-state index >= 15 is 0 Å². The number of aromatic nitrogens is 2. The quantitative estimate of drug-likeness (QED) is 0.791. The fourth-order valence-corrected chi connectivity index (χ4v) is 1.31. The molecular weight excluding hydrogens is 186 g/mol. The molecular formula is C9H12ClN3. The van der Waals surface area contributed by atoms with Crippen LogP contribution in [-0.4, -0.2) is 16.0 Å². The minimum atomic E-state index is 0.481. The molecule has 2 rings (SSSR count). The van der Waals surface area contributed by atoms with Gasteiger partial charge >= 0.3 is 0 Å². The van der Waals surface area contributed by atoms with E-state index in [1.165, 1.54) is 12.8 Å². The van der Waals surface area contributed by atoms with Crippen molar-refractivity contribution in [1.82, 2.24) is 9.97 Å². The highest BCUT2D eigenvalue weighted by molar-refractivity contribution is 6.31. The molecule has 1 aliphatic rings. The highest BCUT2D eigenvalue weighted by Crippen LogP contribution is 2.27. The van der Waals surface area contributed by atoms with Gasteiger partial charge in [-0.3, -0.25) is 0 Å². The van der Waals surface area contributed by atoms with Crippen molar-refractivity contribution >= 4 is 17.4 Å². The molecule has 0 spiro atoms. The average Bonchev–Trinajstić information content (AvgIpc) is 2.84. The first-order valence-corrected chi connectivity index (χ1v) is 4.82. The highest BCUT2D eigenvalue weighted by atomic mass is 35.5. The van der Waals surface area contributed by atoms with Gasteiger partial charge in [-0.15, -0.1) is 0 Å². The maximum atomic E-state index is 5.94. The van der Waals surface area contributed by atoms with E-state index in [9.17, 15) is 0 Å². The molecule has 0 bridgehead atoms. The van der Waals surface area contributed by atoms with Crippen LogP contribution in [0.2, 0.25) is 5.15 Å². The first-order valence-electron chi connectivity index (χ1n) is 4.44. The maximum absolute atomic E-state index is 5.94. The highest BCUT2D eigenvalue weighted by Gasteiger charge is 2.22. The van der Waals surface area contributed by atoms with Gasteiger partial charge in [0.15, 0.2) is 11.0 Å². The molecule has 0 radical (unpaired) electrons. The second-order valence-corrected chi connectivity index (χ2v) is 3.81. The molecule has 1 aromatic rings. The van der Waals surface area contributed by atoms with E-state index in [1.54, 1.807) is 0 Å². The van der Waals surface area contributed by atoms with Crippen molar-refractivity contribution < 1.29 is 0 Å². The van der Waals surface area contributed by atoms with Gasteiger partial charge in [0.1, 0.15) is 0 Å². The van der Waals surface area contributed by atoms with Gasteiger partial charge in [0, 0.05) is 6.04 Å². The predicted octanol–water partition coefficient (Wildman–Crippen LogP) is 2.32. The Morgan fingerprint density at radius 2 is 1.85 bits per heavy atom. The van der Waals surface area contributed by atoms with Gasteiger partial charge in [-0.2, -0.15) is 0 Å². The van der Waals surface area contributed by atoms with Crippen molar-refractivity contribution in [3.05, 3.63) is 16.5 Å². The van der Waals surface area contributed by atoms with Crippen molar-refractivity contribution in [3.63, 3.8) is 0 Å². The van der Waals surface area contributed by atoms with Crippen LogP contribution in [0.4, 0.5) is 5.82 Å². The predicted molar refractivity (Wildman–Crippen MR) is 53.2 cm³/mol. The van der Waals surface area contributed by atoms with Gasteiger partial charge in [0.2, 0.25) is 0 Å². The number of nitrogens with one attached hydrogen (secondary N) is 1. The Hall–Kier alpha value is -0.830. The zero-order valence-electron chi connectivity index (χ0n) is 7.76. The summed E-state index contributed by atoms with van der Waals surface area (Å²) in [5.41, 5.74) is 1.83. The molecule has 1 fully saturated rings. The summed E-state index contributed by atoms with van der Waals surface area (Å²) in [5.74, 6) is 0.729. The van der Waals surface area contributed by atoms with E-state index in [0.717, 1.165) is 17.2 Å². The van der Waals surface area contributed by atoms with Crippen molar-refractivity contribution in [2.45, 2.75) is 32.7 Å². The smallest absolute Gasteiger partial charge is 0.171 e. The summed E-state index contributed by atoms with van der Waals surface area (Å²) < 4.78 is 0. The molecule has 0 aliphatic heterocycles. The molecule has 13 heavy (non-hydrogen) atoms. The number of hydrogen-bond acceptors (Lipinski definition) is 3. The van der Waals surface area contributed by atoms with Crippen LogP contribution >= 0.6 is 11.6 Å². The Bertz CT molecular complexity index is 334. The number of anilines is 1. The summed E-state index contributed by atoms with van der Waals surface area (Å²) in [5, 5.41) is 3.73. The molecule has 0 unspecified atom stereocenters. The summed E-state index contributed by atoms with van der Waals surface area (Å²) in [6.07, 6.45) is 2.43. The minimum absolute atomic E-state index is 0.481. The number of nitrogens with zero attached hydrogens (tertiary/aromatic N) is 2. The second kappa shape index (κ2) is 3.14. The average molecular weight is 198 g/mol. The molecule has 3 nitrogen and oxygen atoms in total. The summed E-state index contributed by atoms with van der Waals surface area (Å²) in [7, 11) is 0. The van der Waals surface area contributed by atoms with Crippen LogP contribution in [0.15, 0.2) is 0 Å². The topological polar surface area (TPSA) is 37.8 Å². The summed E-state index contributed by atoms with van der Waals surface area (Å²) in [6, 6.07) is 0.564. The summed E-state index contributed by atoms with van der Waals surface area (Å²) in [4.78, 5) is 8.54. The Morgan fingerprint density at radius 3 is 2.46 bits per heavy atom. The second-order valence-electron chi connectivity index (χ2n) is 3.45. The first-order chi connectivity index (χ1) is 6.16. The lowest BCUT2D eigenvalue weighted by Crippen LogP contribution is -2.06. The molecule has 1 N–H and O–H groups in total. The number of rotatable bonds is 2. The van der Waals surface area contributed by atoms with Gasteiger partial charge in [-0.1, -0.05) is 11.6 Å². The monoisotopic (exact) mass is 197 g/mol. The van der Waals surface area contributed by atoms with E-state index < -0.39 is 0 Å². The zero-order chi connectivity index (χ0) is 9.42. The number of hydrogen-bond donors (Lipinski definition) is 1. The lowest BCUT2D eigenvalue weighted by molar-refractivity contribution is 1.02. The van der Waals surface area contributed by atoms with Crippen LogP contribution in [0, 0.1) is 13.8 Å². The lowest BCUT2D eigenvalue weighted by Gasteiger charge is -2.07. The first kappa shape index (κ1) is 8.75. The molecule has 1 heterocycles. The normalized spacial score (nSPS) is 15.9. The van der Waals surface area contributed by atoms with Gasteiger partial charge < -0.3 is 5.32 Å². The maximum Gasteiger partial charge on any atom is 0.171 e. The van der Waals surface area contributed by atoms with Crippen LogP contribution in [0.25, 0.3) is 0 Å². The Balaban J connectivity index is 2.27. The van der Waals surface area contributed by atoms with Crippen molar-refractivity contribution in [1.29, 1.82) is 0 Å². The largest absolute Gasteiger partial charge is 0.365 e. The van der Waals surface area contributed by atoms with E-state index in [2.05, 4.69) is 15.3 Å². The Kier molecular flexibility index (Phi) is 2.12. The molecule has 70 valence electrons. The third-order valence-electron chi connectivity index (χ3n) is 2.18. The molecule has 4 heteroatoms. The van der Waals surface area contributed by atoms with Crippen LogP contribution < -0.4 is 5.32 Å². The van der Waals surface area contributed by atoms with Crippen LogP contribution in [-0.2, 0) is 0 Å².